The molecule has 112 valence electrons. The zero-order valence-electron chi connectivity index (χ0n) is 12.7. The minimum Gasteiger partial charge on any atom is -0.444 e. The fraction of sp³-hybridized carbons (Fsp3) is 0.800. The highest BCUT2D eigenvalue weighted by molar-refractivity contribution is 5.67. The molecule has 0 spiro atoms. The van der Waals surface area contributed by atoms with E-state index in [1.807, 2.05) is 20.8 Å². The number of allylic oxidation sites excluding steroid dienone is 2. The quantitative estimate of drug-likeness (QED) is 0.526. The van der Waals surface area contributed by atoms with Gasteiger partial charge in [0.1, 0.15) is 5.60 Å². The lowest BCUT2D eigenvalue weighted by molar-refractivity contribution is 0.0527. The molecule has 0 aromatic heterocycles. The molecule has 0 heterocycles. The molecule has 1 atom stereocenters. The molecule has 0 saturated carbocycles. The van der Waals surface area contributed by atoms with Gasteiger partial charge in [0.15, 0.2) is 0 Å². The van der Waals surface area contributed by atoms with Gasteiger partial charge >= 0.3 is 6.09 Å². The second-order valence-corrected chi connectivity index (χ2v) is 5.90. The summed E-state index contributed by atoms with van der Waals surface area (Å²) in [5, 5.41) is 11.5. The van der Waals surface area contributed by atoms with E-state index in [0.29, 0.717) is 12.5 Å². The first-order valence-corrected chi connectivity index (χ1v) is 7.08. The second kappa shape index (κ2) is 9.84. The van der Waals surface area contributed by atoms with Gasteiger partial charge in [-0.1, -0.05) is 19.1 Å². The van der Waals surface area contributed by atoms with Crippen molar-refractivity contribution in [1.82, 2.24) is 5.32 Å². The van der Waals surface area contributed by atoms with Gasteiger partial charge in [0.05, 0.1) is 0 Å². The number of nitrogens with one attached hydrogen (secondary N) is 1. The molecule has 2 N–H and O–H groups in total. The fourth-order valence-corrected chi connectivity index (χ4v) is 1.51. The van der Waals surface area contributed by atoms with Crippen LogP contribution >= 0.6 is 0 Å². The Kier molecular flexibility index (Phi) is 9.31. The number of ether oxygens (including phenoxy) is 1. The first-order chi connectivity index (χ1) is 8.85. The number of carbonyl (C=O) groups excluding carboxylic acids is 1. The van der Waals surface area contributed by atoms with Crippen LogP contribution in [0.1, 0.15) is 53.4 Å². The Morgan fingerprint density at radius 3 is 2.63 bits per heavy atom. The van der Waals surface area contributed by atoms with E-state index < -0.39 is 5.60 Å². The average molecular weight is 271 g/mol. The predicted molar refractivity (Wildman–Crippen MR) is 78.1 cm³/mol. The van der Waals surface area contributed by atoms with Crippen molar-refractivity contribution in [3.63, 3.8) is 0 Å². The number of hydrogen-bond acceptors (Lipinski definition) is 3. The highest BCUT2D eigenvalue weighted by atomic mass is 16.6. The third-order valence-electron chi connectivity index (χ3n) is 2.54. The molecule has 0 aliphatic rings. The van der Waals surface area contributed by atoms with Gasteiger partial charge in [-0.2, -0.15) is 0 Å². The molecular weight excluding hydrogens is 242 g/mol. The molecule has 0 aromatic carbocycles. The lowest BCUT2D eigenvalue weighted by atomic mass is 10.0. The Morgan fingerprint density at radius 1 is 1.37 bits per heavy atom. The van der Waals surface area contributed by atoms with Crippen LogP contribution in [0.4, 0.5) is 4.79 Å². The second-order valence-electron chi connectivity index (χ2n) is 5.90. The Morgan fingerprint density at radius 2 is 2.05 bits per heavy atom. The van der Waals surface area contributed by atoms with Crippen molar-refractivity contribution in [3.05, 3.63) is 12.2 Å². The van der Waals surface area contributed by atoms with E-state index in [-0.39, 0.29) is 12.7 Å². The predicted octanol–water partition coefficient (Wildman–Crippen LogP) is 3.26. The van der Waals surface area contributed by atoms with Crippen molar-refractivity contribution in [2.45, 2.75) is 59.0 Å². The van der Waals surface area contributed by atoms with Crippen molar-refractivity contribution in [2.24, 2.45) is 5.92 Å². The topological polar surface area (TPSA) is 58.6 Å². The summed E-state index contributed by atoms with van der Waals surface area (Å²) in [6.45, 7) is 8.57. The normalized spacial score (nSPS) is 13.5. The van der Waals surface area contributed by atoms with Crippen LogP contribution in [0.5, 0.6) is 0 Å². The standard InChI is InChI=1S/C15H29NO3/c1-13(10-12-17)9-7-5-6-8-11-16-14(18)19-15(2,3)4/h5,7,13,17H,6,8-12H2,1-4H3,(H,16,18)/b7-5+. The fourth-order valence-electron chi connectivity index (χ4n) is 1.51. The molecule has 0 saturated heterocycles. The summed E-state index contributed by atoms with van der Waals surface area (Å²) in [5.74, 6) is 0.529. The first kappa shape index (κ1) is 18.0. The van der Waals surface area contributed by atoms with Crippen LogP contribution in [0.3, 0.4) is 0 Å². The van der Waals surface area contributed by atoms with Gasteiger partial charge in [0.2, 0.25) is 0 Å². The number of unbranched alkanes of at least 4 members (excludes halogenated alkanes) is 1. The van der Waals surface area contributed by atoms with Crippen LogP contribution in [-0.2, 0) is 4.74 Å². The van der Waals surface area contributed by atoms with E-state index >= 15 is 0 Å². The maximum atomic E-state index is 11.3. The Labute approximate surface area is 117 Å². The van der Waals surface area contributed by atoms with Crippen molar-refractivity contribution in [3.8, 4) is 0 Å². The molecule has 0 radical (unpaired) electrons. The van der Waals surface area contributed by atoms with Crippen LogP contribution in [0.15, 0.2) is 12.2 Å². The van der Waals surface area contributed by atoms with Gasteiger partial charge in [-0.15, -0.1) is 0 Å². The summed E-state index contributed by atoms with van der Waals surface area (Å²) in [6.07, 6.45) is 7.63. The van der Waals surface area contributed by atoms with Gasteiger partial charge < -0.3 is 15.2 Å². The lowest BCUT2D eigenvalue weighted by Gasteiger charge is -2.19. The van der Waals surface area contributed by atoms with Crippen molar-refractivity contribution >= 4 is 6.09 Å². The van der Waals surface area contributed by atoms with Gasteiger partial charge in [0.25, 0.3) is 0 Å². The Bertz CT molecular complexity index is 269. The lowest BCUT2D eigenvalue weighted by Crippen LogP contribution is -2.32. The number of amides is 1. The third-order valence-corrected chi connectivity index (χ3v) is 2.54. The van der Waals surface area contributed by atoms with Crippen molar-refractivity contribution < 1.29 is 14.6 Å². The number of alkyl carbamates (subject to hydrolysis) is 1. The molecule has 4 heteroatoms. The Balaban J connectivity index is 3.50. The number of aliphatic hydroxyl groups is 1. The van der Waals surface area contributed by atoms with E-state index in [0.717, 1.165) is 25.7 Å². The monoisotopic (exact) mass is 271 g/mol. The van der Waals surface area contributed by atoms with Crippen molar-refractivity contribution in [2.75, 3.05) is 13.2 Å². The smallest absolute Gasteiger partial charge is 0.407 e. The number of aliphatic hydroxyl groups excluding tert-OH is 1. The van der Waals surface area contributed by atoms with Crippen LogP contribution in [0.25, 0.3) is 0 Å². The minimum atomic E-state index is -0.438. The molecule has 0 aromatic rings. The molecule has 0 fully saturated rings. The largest absolute Gasteiger partial charge is 0.444 e. The number of hydrogen-bond donors (Lipinski definition) is 2. The molecule has 4 nitrogen and oxygen atoms in total. The number of rotatable bonds is 8. The SMILES string of the molecule is CC(C/C=C/CCCNC(=O)OC(C)(C)C)CCO. The average Bonchev–Trinajstić information content (AvgIpc) is 2.25. The molecular formula is C15H29NO3. The Hall–Kier alpha value is -1.03. The van der Waals surface area contributed by atoms with Crippen molar-refractivity contribution in [1.29, 1.82) is 0 Å². The minimum absolute atomic E-state index is 0.259. The van der Waals surface area contributed by atoms with Crippen LogP contribution in [0, 0.1) is 5.92 Å². The van der Waals surface area contributed by atoms with Gasteiger partial charge in [-0.3, -0.25) is 0 Å². The summed E-state index contributed by atoms with van der Waals surface area (Å²) in [6, 6.07) is 0. The third kappa shape index (κ3) is 13.2. The molecule has 0 bridgehead atoms. The zero-order chi connectivity index (χ0) is 14.7. The maximum absolute atomic E-state index is 11.3. The van der Waals surface area contributed by atoms with E-state index in [9.17, 15) is 4.79 Å². The molecule has 0 aliphatic heterocycles. The van der Waals surface area contributed by atoms with Crippen LogP contribution < -0.4 is 5.32 Å². The summed E-state index contributed by atoms with van der Waals surface area (Å²) in [7, 11) is 0. The number of carbonyl (C=O) groups is 1. The highest BCUT2D eigenvalue weighted by Crippen LogP contribution is 2.08. The molecule has 1 unspecified atom stereocenters. The summed E-state index contributed by atoms with van der Waals surface area (Å²) < 4.78 is 5.13. The van der Waals surface area contributed by atoms with Gasteiger partial charge in [0, 0.05) is 13.2 Å². The summed E-state index contributed by atoms with van der Waals surface area (Å²) in [4.78, 5) is 11.3. The molecule has 0 aliphatic carbocycles. The molecule has 1 amide bonds. The highest BCUT2D eigenvalue weighted by Gasteiger charge is 2.15. The van der Waals surface area contributed by atoms with Gasteiger partial charge in [-0.25, -0.2) is 4.79 Å². The summed E-state index contributed by atoms with van der Waals surface area (Å²) in [5.41, 5.74) is -0.438. The van der Waals surface area contributed by atoms with E-state index in [1.165, 1.54) is 0 Å². The summed E-state index contributed by atoms with van der Waals surface area (Å²) >= 11 is 0. The van der Waals surface area contributed by atoms with Crippen LogP contribution in [-0.4, -0.2) is 30.0 Å². The maximum Gasteiger partial charge on any atom is 0.407 e. The van der Waals surface area contributed by atoms with Crippen LogP contribution in [0.2, 0.25) is 0 Å². The zero-order valence-corrected chi connectivity index (χ0v) is 12.7. The van der Waals surface area contributed by atoms with E-state index in [1.54, 1.807) is 0 Å². The van der Waals surface area contributed by atoms with E-state index in [4.69, 9.17) is 9.84 Å². The van der Waals surface area contributed by atoms with E-state index in [2.05, 4.69) is 24.4 Å². The first-order valence-electron chi connectivity index (χ1n) is 7.08. The molecule has 0 rings (SSSR count). The molecule has 19 heavy (non-hydrogen) atoms. The van der Waals surface area contributed by atoms with Gasteiger partial charge in [-0.05, 0) is 52.4 Å².